The molecule has 1 aliphatic heterocycles. The molecule has 0 aromatic heterocycles. The van der Waals surface area contributed by atoms with Gasteiger partial charge in [-0.15, -0.1) is 0 Å². The zero-order valence-electron chi connectivity index (χ0n) is 5.28. The van der Waals surface area contributed by atoms with E-state index in [2.05, 4.69) is 5.32 Å². The Kier molecular flexibility index (Phi) is 1.54. The molecule has 0 amide bonds. The van der Waals surface area contributed by atoms with E-state index in [-0.39, 0.29) is 0 Å². The van der Waals surface area contributed by atoms with E-state index in [1.165, 1.54) is 0 Å². The number of hydrogen-bond acceptors (Lipinski definition) is 2. The van der Waals surface area contributed by atoms with Crippen LogP contribution in [0.5, 0.6) is 0 Å². The van der Waals surface area contributed by atoms with E-state index in [1.54, 1.807) is 0 Å². The molecule has 48 valence electrons. The summed E-state index contributed by atoms with van der Waals surface area (Å²) in [5.74, 6) is 0. The predicted octanol–water partition coefficient (Wildman–Crippen LogP) is 0.121. The molecule has 2 N–H and O–H groups in total. The summed E-state index contributed by atoms with van der Waals surface area (Å²) in [6, 6.07) is 0. The first kappa shape index (κ1) is 6.05. The lowest BCUT2D eigenvalue weighted by atomic mass is 9.97. The number of rotatable bonds is 0. The minimum Gasteiger partial charge on any atom is -0.389 e. The van der Waals surface area contributed by atoms with E-state index < -0.39 is 5.60 Å². The van der Waals surface area contributed by atoms with Gasteiger partial charge in [-0.1, -0.05) is 0 Å². The summed E-state index contributed by atoms with van der Waals surface area (Å²) in [5, 5.41) is 12.4. The van der Waals surface area contributed by atoms with E-state index in [1.807, 2.05) is 6.92 Å². The van der Waals surface area contributed by atoms with Gasteiger partial charge >= 0.3 is 0 Å². The van der Waals surface area contributed by atoms with Crippen LogP contribution in [0.1, 0.15) is 19.8 Å². The number of nitrogens with one attached hydrogen (secondary N) is 1. The van der Waals surface area contributed by atoms with Gasteiger partial charge in [0.15, 0.2) is 0 Å². The lowest BCUT2D eigenvalue weighted by molar-refractivity contribution is 0.0351. The van der Waals surface area contributed by atoms with E-state index in [9.17, 15) is 5.11 Å². The summed E-state index contributed by atoms with van der Waals surface area (Å²) >= 11 is 0. The van der Waals surface area contributed by atoms with Crippen LogP contribution in [-0.2, 0) is 0 Å². The summed E-state index contributed by atoms with van der Waals surface area (Å²) in [7, 11) is 0. The van der Waals surface area contributed by atoms with Gasteiger partial charge in [0.25, 0.3) is 0 Å². The number of hydrogen-bond donors (Lipinski definition) is 2. The van der Waals surface area contributed by atoms with Gasteiger partial charge in [0, 0.05) is 6.54 Å². The molecule has 0 spiro atoms. The van der Waals surface area contributed by atoms with Gasteiger partial charge in [0.05, 0.1) is 5.60 Å². The number of piperidine rings is 1. The van der Waals surface area contributed by atoms with Crippen LogP contribution < -0.4 is 5.32 Å². The second-order valence-corrected chi connectivity index (χ2v) is 2.78. The quantitative estimate of drug-likeness (QED) is 0.470. The van der Waals surface area contributed by atoms with Gasteiger partial charge in [-0.3, -0.25) is 0 Å². The van der Waals surface area contributed by atoms with Crippen LogP contribution in [-0.4, -0.2) is 23.8 Å². The molecule has 0 unspecified atom stereocenters. The van der Waals surface area contributed by atoms with Gasteiger partial charge in [-0.05, 0) is 26.3 Å². The summed E-state index contributed by atoms with van der Waals surface area (Å²) in [6.45, 7) is 3.70. The van der Waals surface area contributed by atoms with Gasteiger partial charge < -0.3 is 10.4 Å². The lowest BCUT2D eigenvalue weighted by Crippen LogP contribution is -2.42. The molecule has 1 fully saturated rings. The van der Waals surface area contributed by atoms with Crippen molar-refractivity contribution < 1.29 is 5.11 Å². The monoisotopic (exact) mass is 115 g/mol. The van der Waals surface area contributed by atoms with Gasteiger partial charge in [-0.25, -0.2) is 0 Å². The molecular weight excluding hydrogens is 102 g/mol. The second kappa shape index (κ2) is 2.03. The van der Waals surface area contributed by atoms with Crippen molar-refractivity contribution in [3.63, 3.8) is 0 Å². The van der Waals surface area contributed by atoms with E-state index in [0.29, 0.717) is 0 Å². The van der Waals surface area contributed by atoms with Crippen molar-refractivity contribution in [2.45, 2.75) is 25.4 Å². The van der Waals surface area contributed by atoms with Crippen LogP contribution >= 0.6 is 0 Å². The molecule has 1 saturated heterocycles. The molecule has 2 nitrogen and oxygen atoms in total. The molecule has 0 aromatic rings. The van der Waals surface area contributed by atoms with Crippen LogP contribution in [0.25, 0.3) is 0 Å². The summed E-state index contributed by atoms with van der Waals surface area (Å²) in [5.41, 5.74) is -0.432. The molecule has 0 aliphatic carbocycles. The molecule has 0 aromatic carbocycles. The van der Waals surface area contributed by atoms with Crippen molar-refractivity contribution in [3.05, 3.63) is 0 Å². The third-order valence-corrected chi connectivity index (χ3v) is 1.57. The van der Waals surface area contributed by atoms with Crippen LogP contribution in [0.2, 0.25) is 0 Å². The van der Waals surface area contributed by atoms with Gasteiger partial charge in [0.1, 0.15) is 0 Å². The van der Waals surface area contributed by atoms with Crippen molar-refractivity contribution in [1.82, 2.24) is 5.32 Å². The average molecular weight is 115 g/mol. The minimum atomic E-state index is -0.432. The molecule has 2 heteroatoms. The molecule has 0 bridgehead atoms. The maximum Gasteiger partial charge on any atom is 0.0744 e. The molecule has 1 rings (SSSR count). The predicted molar refractivity (Wildman–Crippen MR) is 32.7 cm³/mol. The molecule has 1 atom stereocenters. The third-order valence-electron chi connectivity index (χ3n) is 1.57. The lowest BCUT2D eigenvalue weighted by Gasteiger charge is -2.28. The minimum absolute atomic E-state index is 0.432. The first-order chi connectivity index (χ1) is 3.71. The molecule has 0 radical (unpaired) electrons. The zero-order valence-corrected chi connectivity index (χ0v) is 5.28. The SMILES string of the molecule is C[C@]1(O)CCCNC1. The van der Waals surface area contributed by atoms with Gasteiger partial charge in [0.2, 0.25) is 0 Å². The standard InChI is InChI=1S/C6H13NO/c1-6(8)3-2-4-7-5-6/h7-8H,2-5H2,1H3/t6-/m0/s1. The van der Waals surface area contributed by atoms with E-state index >= 15 is 0 Å². The summed E-state index contributed by atoms with van der Waals surface area (Å²) < 4.78 is 0. The maximum absolute atomic E-state index is 9.31. The topological polar surface area (TPSA) is 32.3 Å². The highest BCUT2D eigenvalue weighted by atomic mass is 16.3. The van der Waals surface area contributed by atoms with Crippen LogP contribution in [0, 0.1) is 0 Å². The summed E-state index contributed by atoms with van der Waals surface area (Å²) in [4.78, 5) is 0. The smallest absolute Gasteiger partial charge is 0.0744 e. The normalized spacial score (nSPS) is 39.8. The second-order valence-electron chi connectivity index (χ2n) is 2.78. The Morgan fingerprint density at radius 1 is 1.62 bits per heavy atom. The van der Waals surface area contributed by atoms with Crippen molar-refractivity contribution in [3.8, 4) is 0 Å². The summed E-state index contributed by atoms with van der Waals surface area (Å²) in [6.07, 6.45) is 2.05. The van der Waals surface area contributed by atoms with Crippen molar-refractivity contribution >= 4 is 0 Å². The number of β-amino-alcohol motifs (C(OH)–C–C–N with tert-alkyl or cyclic N) is 1. The Morgan fingerprint density at radius 3 is 2.62 bits per heavy atom. The Morgan fingerprint density at radius 2 is 2.38 bits per heavy atom. The molecule has 0 saturated carbocycles. The first-order valence-electron chi connectivity index (χ1n) is 3.14. The molecule has 1 aliphatic rings. The largest absolute Gasteiger partial charge is 0.389 e. The van der Waals surface area contributed by atoms with Crippen molar-refractivity contribution in [2.75, 3.05) is 13.1 Å². The highest BCUT2D eigenvalue weighted by Gasteiger charge is 2.21. The first-order valence-corrected chi connectivity index (χ1v) is 3.14. The van der Waals surface area contributed by atoms with Crippen LogP contribution in [0.15, 0.2) is 0 Å². The third kappa shape index (κ3) is 1.46. The van der Waals surface area contributed by atoms with E-state index in [4.69, 9.17) is 0 Å². The van der Waals surface area contributed by atoms with Gasteiger partial charge in [-0.2, -0.15) is 0 Å². The molecule has 1 heterocycles. The fourth-order valence-corrected chi connectivity index (χ4v) is 1.04. The van der Waals surface area contributed by atoms with Crippen LogP contribution in [0.3, 0.4) is 0 Å². The molecule has 8 heavy (non-hydrogen) atoms. The zero-order chi connectivity index (χ0) is 6.04. The Hall–Kier alpha value is -0.0800. The highest BCUT2D eigenvalue weighted by Crippen LogP contribution is 2.13. The number of aliphatic hydroxyl groups is 1. The van der Waals surface area contributed by atoms with Crippen molar-refractivity contribution in [1.29, 1.82) is 0 Å². The maximum atomic E-state index is 9.31. The van der Waals surface area contributed by atoms with Crippen LogP contribution in [0.4, 0.5) is 0 Å². The fraction of sp³-hybridized carbons (Fsp3) is 1.00. The Labute approximate surface area is 49.9 Å². The van der Waals surface area contributed by atoms with E-state index in [0.717, 1.165) is 25.9 Å². The Balaban J connectivity index is 2.33. The average Bonchev–Trinajstić information content (AvgIpc) is 1.65. The molecular formula is C6H13NO. The highest BCUT2D eigenvalue weighted by molar-refractivity contribution is 4.79. The fourth-order valence-electron chi connectivity index (χ4n) is 1.04. The Bertz CT molecular complexity index is 72.6. The van der Waals surface area contributed by atoms with Crippen molar-refractivity contribution in [2.24, 2.45) is 0 Å².